The van der Waals surface area contributed by atoms with Crippen molar-refractivity contribution in [3.63, 3.8) is 0 Å². The van der Waals surface area contributed by atoms with Gasteiger partial charge in [-0.1, -0.05) is 18.2 Å². The lowest BCUT2D eigenvalue weighted by Crippen LogP contribution is -2.22. The third-order valence-electron chi connectivity index (χ3n) is 3.40. The van der Waals surface area contributed by atoms with E-state index in [1.54, 1.807) is 15.3 Å². The second kappa shape index (κ2) is 5.83. The summed E-state index contributed by atoms with van der Waals surface area (Å²) in [5.41, 5.74) is 2.60. The predicted octanol–water partition coefficient (Wildman–Crippen LogP) is 2.31. The van der Waals surface area contributed by atoms with Gasteiger partial charge in [-0.15, -0.1) is 0 Å². The SMILES string of the molecule is Cc1cc2c(=O)n(CCCNc3ccccc3)ccn2n1. The Labute approximate surface area is 122 Å². The number of hydrogen-bond donors (Lipinski definition) is 1. The van der Waals surface area contributed by atoms with Gasteiger partial charge in [0.1, 0.15) is 5.52 Å². The van der Waals surface area contributed by atoms with Gasteiger partial charge in [0.05, 0.1) is 5.69 Å². The molecule has 21 heavy (non-hydrogen) atoms. The zero-order chi connectivity index (χ0) is 14.7. The summed E-state index contributed by atoms with van der Waals surface area (Å²) in [7, 11) is 0. The lowest BCUT2D eigenvalue weighted by molar-refractivity contribution is 0.634. The number of anilines is 1. The van der Waals surface area contributed by atoms with Crippen LogP contribution in [0.3, 0.4) is 0 Å². The van der Waals surface area contributed by atoms with Gasteiger partial charge >= 0.3 is 0 Å². The Morgan fingerprint density at radius 2 is 2.00 bits per heavy atom. The number of hydrogen-bond acceptors (Lipinski definition) is 3. The molecule has 108 valence electrons. The minimum atomic E-state index is 0.0119. The molecule has 0 aliphatic rings. The molecule has 0 bridgehead atoms. The standard InChI is InChI=1S/C16H18N4O/c1-13-12-15-16(21)19(10-11-20(15)18-13)9-5-8-17-14-6-3-2-4-7-14/h2-4,6-7,10-12,17H,5,8-9H2,1H3. The minimum Gasteiger partial charge on any atom is -0.385 e. The van der Waals surface area contributed by atoms with Crippen molar-refractivity contribution in [2.45, 2.75) is 19.9 Å². The highest BCUT2D eigenvalue weighted by Crippen LogP contribution is 2.05. The van der Waals surface area contributed by atoms with E-state index >= 15 is 0 Å². The highest BCUT2D eigenvalue weighted by Gasteiger charge is 2.04. The fourth-order valence-corrected chi connectivity index (χ4v) is 2.36. The number of aromatic nitrogens is 3. The molecule has 5 heteroatoms. The average molecular weight is 282 g/mol. The van der Waals surface area contributed by atoms with Crippen LogP contribution in [0.5, 0.6) is 0 Å². The van der Waals surface area contributed by atoms with Crippen molar-refractivity contribution in [3.05, 3.63) is 64.8 Å². The molecule has 0 spiro atoms. The van der Waals surface area contributed by atoms with Crippen LogP contribution in [0.25, 0.3) is 5.52 Å². The number of nitrogens with one attached hydrogen (secondary N) is 1. The normalized spacial score (nSPS) is 10.9. The lowest BCUT2D eigenvalue weighted by Gasteiger charge is -2.08. The molecular weight excluding hydrogens is 264 g/mol. The number of fused-ring (bicyclic) bond motifs is 1. The van der Waals surface area contributed by atoms with Crippen molar-refractivity contribution in [1.82, 2.24) is 14.2 Å². The molecule has 0 radical (unpaired) electrons. The first-order chi connectivity index (χ1) is 10.2. The van der Waals surface area contributed by atoms with E-state index in [4.69, 9.17) is 0 Å². The molecule has 0 aliphatic heterocycles. The van der Waals surface area contributed by atoms with Crippen LogP contribution in [0, 0.1) is 6.92 Å². The summed E-state index contributed by atoms with van der Waals surface area (Å²) in [6, 6.07) is 11.9. The van der Waals surface area contributed by atoms with E-state index in [1.165, 1.54) is 0 Å². The molecule has 2 aromatic heterocycles. The van der Waals surface area contributed by atoms with E-state index in [2.05, 4.69) is 10.4 Å². The zero-order valence-corrected chi connectivity index (χ0v) is 12.0. The molecular formula is C16H18N4O. The third kappa shape index (κ3) is 2.97. The van der Waals surface area contributed by atoms with E-state index in [-0.39, 0.29) is 5.56 Å². The van der Waals surface area contributed by atoms with Gasteiger partial charge in [-0.05, 0) is 31.5 Å². The molecule has 2 heterocycles. The summed E-state index contributed by atoms with van der Waals surface area (Å²) in [6.07, 6.45) is 4.51. The molecule has 5 nitrogen and oxygen atoms in total. The van der Waals surface area contributed by atoms with E-state index < -0.39 is 0 Å². The third-order valence-corrected chi connectivity index (χ3v) is 3.40. The van der Waals surface area contributed by atoms with Crippen LogP contribution in [-0.4, -0.2) is 20.7 Å². The summed E-state index contributed by atoms with van der Waals surface area (Å²) < 4.78 is 3.37. The van der Waals surface area contributed by atoms with Gasteiger partial charge in [-0.3, -0.25) is 4.79 Å². The van der Waals surface area contributed by atoms with Crippen LogP contribution in [0.1, 0.15) is 12.1 Å². The fourth-order valence-electron chi connectivity index (χ4n) is 2.36. The Hall–Kier alpha value is -2.56. The maximum Gasteiger partial charge on any atom is 0.276 e. The minimum absolute atomic E-state index is 0.0119. The molecule has 0 aliphatic carbocycles. The highest BCUT2D eigenvalue weighted by molar-refractivity contribution is 5.45. The molecule has 0 unspecified atom stereocenters. The highest BCUT2D eigenvalue weighted by atomic mass is 16.1. The Bertz CT molecular complexity index is 789. The maximum absolute atomic E-state index is 12.3. The van der Waals surface area contributed by atoms with Crippen LogP contribution in [-0.2, 0) is 6.54 Å². The summed E-state index contributed by atoms with van der Waals surface area (Å²) in [5.74, 6) is 0. The van der Waals surface area contributed by atoms with Crippen molar-refractivity contribution >= 4 is 11.2 Å². The van der Waals surface area contributed by atoms with Crippen molar-refractivity contribution in [2.75, 3.05) is 11.9 Å². The second-order valence-electron chi connectivity index (χ2n) is 5.06. The van der Waals surface area contributed by atoms with Gasteiger partial charge in [0, 0.05) is 31.2 Å². The van der Waals surface area contributed by atoms with Crippen molar-refractivity contribution < 1.29 is 0 Å². The van der Waals surface area contributed by atoms with Gasteiger partial charge < -0.3 is 9.88 Å². The van der Waals surface area contributed by atoms with Crippen molar-refractivity contribution in [3.8, 4) is 0 Å². The summed E-state index contributed by atoms with van der Waals surface area (Å²) in [6.45, 7) is 3.42. The number of benzene rings is 1. The molecule has 3 rings (SSSR count). The van der Waals surface area contributed by atoms with Gasteiger partial charge in [-0.25, -0.2) is 4.52 Å². The molecule has 0 saturated heterocycles. The second-order valence-corrected chi connectivity index (χ2v) is 5.06. The molecule has 0 amide bonds. The average Bonchev–Trinajstić information content (AvgIpc) is 2.88. The van der Waals surface area contributed by atoms with Gasteiger partial charge in [-0.2, -0.15) is 5.10 Å². The maximum atomic E-state index is 12.3. The van der Waals surface area contributed by atoms with E-state index in [0.29, 0.717) is 12.1 Å². The van der Waals surface area contributed by atoms with Crippen LogP contribution >= 0.6 is 0 Å². The molecule has 1 aromatic carbocycles. The first-order valence-electron chi connectivity index (χ1n) is 7.08. The molecule has 0 atom stereocenters. The van der Waals surface area contributed by atoms with Gasteiger partial charge in [0.15, 0.2) is 0 Å². The van der Waals surface area contributed by atoms with E-state index in [1.807, 2.05) is 49.5 Å². The smallest absolute Gasteiger partial charge is 0.276 e. The van der Waals surface area contributed by atoms with Crippen LogP contribution in [0.4, 0.5) is 5.69 Å². The zero-order valence-electron chi connectivity index (χ0n) is 12.0. The topological polar surface area (TPSA) is 51.3 Å². The predicted molar refractivity (Wildman–Crippen MR) is 83.7 cm³/mol. The summed E-state index contributed by atoms with van der Waals surface area (Å²) in [5, 5.41) is 7.58. The number of rotatable bonds is 5. The Kier molecular flexibility index (Phi) is 3.73. The number of aryl methyl sites for hydroxylation is 2. The Morgan fingerprint density at radius 3 is 2.81 bits per heavy atom. The quantitative estimate of drug-likeness (QED) is 0.731. The summed E-state index contributed by atoms with van der Waals surface area (Å²) in [4.78, 5) is 12.3. The van der Waals surface area contributed by atoms with Crippen molar-refractivity contribution in [2.24, 2.45) is 0 Å². The van der Waals surface area contributed by atoms with E-state index in [0.717, 1.165) is 24.3 Å². The summed E-state index contributed by atoms with van der Waals surface area (Å²) >= 11 is 0. The first-order valence-corrected chi connectivity index (χ1v) is 7.08. The number of para-hydroxylation sites is 1. The largest absolute Gasteiger partial charge is 0.385 e. The fraction of sp³-hybridized carbons (Fsp3) is 0.250. The van der Waals surface area contributed by atoms with Crippen LogP contribution in [0.2, 0.25) is 0 Å². The molecule has 0 fully saturated rings. The lowest BCUT2D eigenvalue weighted by atomic mass is 10.3. The molecule has 0 saturated carbocycles. The van der Waals surface area contributed by atoms with Gasteiger partial charge in [0.2, 0.25) is 0 Å². The molecule has 1 N–H and O–H groups in total. The Balaban J connectivity index is 1.63. The van der Waals surface area contributed by atoms with Gasteiger partial charge in [0.25, 0.3) is 5.56 Å². The van der Waals surface area contributed by atoms with Crippen LogP contribution < -0.4 is 10.9 Å². The molecule has 3 aromatic rings. The monoisotopic (exact) mass is 282 g/mol. The van der Waals surface area contributed by atoms with E-state index in [9.17, 15) is 4.79 Å². The first kappa shape index (κ1) is 13.4. The van der Waals surface area contributed by atoms with Crippen molar-refractivity contribution in [1.29, 1.82) is 0 Å². The van der Waals surface area contributed by atoms with Crippen LogP contribution in [0.15, 0.2) is 53.6 Å². The Morgan fingerprint density at radius 1 is 1.19 bits per heavy atom. The number of nitrogens with zero attached hydrogens (tertiary/aromatic N) is 3.